The third kappa shape index (κ3) is 3.08. The van der Waals surface area contributed by atoms with E-state index in [1.165, 1.54) is 12.1 Å². The Morgan fingerprint density at radius 3 is 2.75 bits per heavy atom. The van der Waals surface area contributed by atoms with Gasteiger partial charge >= 0.3 is 0 Å². The molecule has 90 valence electrons. The number of nitrogens with one attached hydrogen (secondary N) is 1. The Labute approximate surface area is 106 Å². The molecule has 0 unspecified atom stereocenters. The van der Waals surface area contributed by atoms with Gasteiger partial charge in [-0.25, -0.2) is 4.39 Å². The van der Waals surface area contributed by atoms with Crippen molar-refractivity contribution in [3.8, 4) is 0 Å². The fourth-order valence-electron chi connectivity index (χ4n) is 1.65. The quantitative estimate of drug-likeness (QED) is 0.902. The normalized spacial score (nSPS) is 15.8. The molecule has 16 heavy (non-hydrogen) atoms. The summed E-state index contributed by atoms with van der Waals surface area (Å²) in [7, 11) is 2.03. The maximum atomic E-state index is 13.0. The van der Waals surface area contributed by atoms with Gasteiger partial charge in [-0.2, -0.15) is 0 Å². The maximum absolute atomic E-state index is 13.0. The molecule has 1 aliphatic heterocycles. The van der Waals surface area contributed by atoms with Crippen LogP contribution in [0, 0.1) is 5.82 Å². The molecular formula is C11H15Cl2FN2. The molecule has 0 spiro atoms. The zero-order valence-electron chi connectivity index (χ0n) is 9.04. The van der Waals surface area contributed by atoms with Gasteiger partial charge in [0.05, 0.1) is 0 Å². The second kappa shape index (κ2) is 5.82. The van der Waals surface area contributed by atoms with Crippen molar-refractivity contribution in [2.24, 2.45) is 0 Å². The van der Waals surface area contributed by atoms with Gasteiger partial charge in [-0.15, -0.1) is 12.4 Å². The first-order chi connectivity index (χ1) is 7.16. The largest absolute Gasteiger partial charge is 0.314 e. The van der Waals surface area contributed by atoms with Gasteiger partial charge in [-0.1, -0.05) is 11.6 Å². The second-order valence-corrected chi connectivity index (χ2v) is 4.37. The van der Waals surface area contributed by atoms with Gasteiger partial charge in [-0.05, 0) is 30.8 Å². The van der Waals surface area contributed by atoms with Crippen molar-refractivity contribution < 1.29 is 4.39 Å². The van der Waals surface area contributed by atoms with E-state index in [9.17, 15) is 4.39 Å². The Balaban J connectivity index is 0.00000128. The molecule has 2 rings (SSSR count). The van der Waals surface area contributed by atoms with Crippen LogP contribution in [0.15, 0.2) is 18.2 Å². The highest BCUT2D eigenvalue weighted by Gasteiger charge is 2.21. The minimum Gasteiger partial charge on any atom is -0.314 e. The number of nitrogens with zero attached hydrogens (tertiary/aromatic N) is 1. The number of hydrogen-bond donors (Lipinski definition) is 1. The molecule has 1 aromatic carbocycles. The highest BCUT2D eigenvalue weighted by atomic mass is 35.5. The lowest BCUT2D eigenvalue weighted by molar-refractivity contribution is 0.173. The van der Waals surface area contributed by atoms with E-state index in [1.807, 2.05) is 7.05 Å². The van der Waals surface area contributed by atoms with Crippen molar-refractivity contribution in [2.75, 3.05) is 20.1 Å². The van der Waals surface area contributed by atoms with Crippen LogP contribution in [-0.2, 0) is 6.54 Å². The third-order valence-corrected chi connectivity index (χ3v) is 3.18. The van der Waals surface area contributed by atoms with E-state index in [0.717, 1.165) is 18.7 Å². The summed E-state index contributed by atoms with van der Waals surface area (Å²) in [6.45, 7) is 2.70. The number of halogens is 3. The summed E-state index contributed by atoms with van der Waals surface area (Å²) in [4.78, 5) is 2.19. The van der Waals surface area contributed by atoms with Crippen LogP contribution in [0.5, 0.6) is 0 Å². The first-order valence-electron chi connectivity index (χ1n) is 5.01. The van der Waals surface area contributed by atoms with Gasteiger partial charge in [0.1, 0.15) is 5.82 Å². The van der Waals surface area contributed by atoms with Gasteiger partial charge in [0.15, 0.2) is 0 Å². The summed E-state index contributed by atoms with van der Waals surface area (Å²) in [5, 5.41) is 3.84. The molecule has 5 heteroatoms. The zero-order chi connectivity index (χ0) is 10.8. The molecule has 0 amide bonds. The van der Waals surface area contributed by atoms with E-state index < -0.39 is 0 Å². The Kier molecular flexibility index (Phi) is 4.99. The van der Waals surface area contributed by atoms with Crippen molar-refractivity contribution >= 4 is 24.0 Å². The SMILES string of the molecule is CN(Cc1cc(F)ccc1Cl)C1CNC1.Cl. The van der Waals surface area contributed by atoms with Crippen LogP contribution in [0.4, 0.5) is 4.39 Å². The van der Waals surface area contributed by atoms with E-state index in [4.69, 9.17) is 11.6 Å². The third-order valence-electron chi connectivity index (χ3n) is 2.81. The highest BCUT2D eigenvalue weighted by Crippen LogP contribution is 2.19. The summed E-state index contributed by atoms with van der Waals surface area (Å²) in [5.41, 5.74) is 0.853. The van der Waals surface area contributed by atoms with Crippen molar-refractivity contribution in [1.82, 2.24) is 10.2 Å². The molecule has 0 aliphatic carbocycles. The van der Waals surface area contributed by atoms with Crippen LogP contribution in [0.2, 0.25) is 5.02 Å². The van der Waals surface area contributed by atoms with E-state index in [0.29, 0.717) is 17.6 Å². The van der Waals surface area contributed by atoms with E-state index in [1.54, 1.807) is 6.07 Å². The molecule has 0 radical (unpaired) electrons. The van der Waals surface area contributed by atoms with Crippen molar-refractivity contribution in [2.45, 2.75) is 12.6 Å². The Morgan fingerprint density at radius 1 is 1.50 bits per heavy atom. The number of hydrogen-bond acceptors (Lipinski definition) is 2. The van der Waals surface area contributed by atoms with Gasteiger partial charge in [0, 0.05) is 30.7 Å². The topological polar surface area (TPSA) is 15.3 Å². The summed E-state index contributed by atoms with van der Waals surface area (Å²) in [6.07, 6.45) is 0. The average molecular weight is 265 g/mol. The lowest BCUT2D eigenvalue weighted by atomic mass is 10.1. The van der Waals surface area contributed by atoms with Gasteiger partial charge in [0.2, 0.25) is 0 Å². The molecule has 1 aromatic rings. The molecule has 0 saturated carbocycles. The summed E-state index contributed by atoms with van der Waals surface area (Å²) < 4.78 is 13.0. The Morgan fingerprint density at radius 2 is 2.19 bits per heavy atom. The first kappa shape index (κ1) is 13.7. The second-order valence-electron chi connectivity index (χ2n) is 3.96. The molecule has 1 saturated heterocycles. The zero-order valence-corrected chi connectivity index (χ0v) is 10.6. The van der Waals surface area contributed by atoms with Crippen molar-refractivity contribution in [3.63, 3.8) is 0 Å². The predicted octanol–water partition coefficient (Wildman–Crippen LogP) is 2.30. The lowest BCUT2D eigenvalue weighted by Crippen LogP contribution is -2.55. The highest BCUT2D eigenvalue weighted by molar-refractivity contribution is 6.31. The van der Waals surface area contributed by atoms with Gasteiger partial charge in [-0.3, -0.25) is 4.90 Å². The van der Waals surface area contributed by atoms with Crippen molar-refractivity contribution in [3.05, 3.63) is 34.6 Å². The Bertz CT molecular complexity index is 356. The molecule has 1 aliphatic rings. The van der Waals surface area contributed by atoms with Crippen LogP contribution < -0.4 is 5.32 Å². The fraction of sp³-hybridized carbons (Fsp3) is 0.455. The van der Waals surface area contributed by atoms with E-state index >= 15 is 0 Å². The van der Waals surface area contributed by atoms with Crippen LogP contribution in [0.25, 0.3) is 0 Å². The maximum Gasteiger partial charge on any atom is 0.123 e. The van der Waals surface area contributed by atoms with E-state index in [-0.39, 0.29) is 18.2 Å². The molecule has 0 bridgehead atoms. The molecule has 1 N–H and O–H groups in total. The van der Waals surface area contributed by atoms with Crippen molar-refractivity contribution in [1.29, 1.82) is 0 Å². The molecule has 0 atom stereocenters. The molecule has 2 nitrogen and oxygen atoms in total. The number of benzene rings is 1. The smallest absolute Gasteiger partial charge is 0.123 e. The molecule has 1 fully saturated rings. The number of likely N-dealkylation sites (N-methyl/N-ethyl adjacent to an activating group) is 1. The monoisotopic (exact) mass is 264 g/mol. The Hall–Kier alpha value is -0.350. The summed E-state index contributed by atoms with van der Waals surface area (Å²) in [6, 6.07) is 5.05. The predicted molar refractivity (Wildman–Crippen MR) is 66.8 cm³/mol. The van der Waals surface area contributed by atoms with Gasteiger partial charge < -0.3 is 5.32 Å². The molecule has 1 heterocycles. The number of rotatable bonds is 3. The minimum absolute atomic E-state index is 0. The minimum atomic E-state index is -0.227. The van der Waals surface area contributed by atoms with E-state index in [2.05, 4.69) is 10.2 Å². The van der Waals surface area contributed by atoms with Crippen LogP contribution in [0.3, 0.4) is 0 Å². The van der Waals surface area contributed by atoms with Crippen LogP contribution in [0.1, 0.15) is 5.56 Å². The molecular weight excluding hydrogens is 250 g/mol. The summed E-state index contributed by atoms with van der Waals surface area (Å²) >= 11 is 6.00. The first-order valence-corrected chi connectivity index (χ1v) is 5.39. The molecule has 0 aromatic heterocycles. The van der Waals surface area contributed by atoms with Crippen LogP contribution >= 0.6 is 24.0 Å². The average Bonchev–Trinajstić information content (AvgIpc) is 2.08. The lowest BCUT2D eigenvalue weighted by Gasteiger charge is -2.35. The van der Waals surface area contributed by atoms with Crippen LogP contribution in [-0.4, -0.2) is 31.1 Å². The standard InChI is InChI=1S/C11H14ClFN2.ClH/c1-15(10-5-14-6-10)7-8-4-9(13)2-3-11(8)12;/h2-4,10,14H,5-7H2,1H3;1H. The fourth-order valence-corrected chi connectivity index (χ4v) is 1.82. The van der Waals surface area contributed by atoms with Gasteiger partial charge in [0.25, 0.3) is 0 Å². The summed E-state index contributed by atoms with van der Waals surface area (Å²) in [5.74, 6) is -0.227.